The van der Waals surface area contributed by atoms with Gasteiger partial charge in [0.15, 0.2) is 11.5 Å². The van der Waals surface area contributed by atoms with Crippen LogP contribution in [0.25, 0.3) is 5.65 Å². The topological polar surface area (TPSA) is 59.7 Å². The van der Waals surface area contributed by atoms with E-state index >= 15 is 0 Å². The molecule has 0 saturated carbocycles. The minimum atomic E-state index is -0.366. The number of methoxy groups -OCH3 is 1. The van der Waals surface area contributed by atoms with E-state index in [-0.39, 0.29) is 12.0 Å². The minimum Gasteiger partial charge on any atom is -0.464 e. The van der Waals surface area contributed by atoms with Crippen molar-refractivity contribution in [2.75, 3.05) is 20.7 Å². The van der Waals surface area contributed by atoms with Crippen LogP contribution in [-0.2, 0) is 4.74 Å². The lowest BCUT2D eigenvalue weighted by Gasteiger charge is -2.31. The van der Waals surface area contributed by atoms with E-state index in [0.29, 0.717) is 11.3 Å². The number of nitrogens with zero attached hydrogens (tertiary/aromatic N) is 4. The number of esters is 1. The number of rotatable bonds is 2. The molecule has 6 nitrogen and oxygen atoms in total. The van der Waals surface area contributed by atoms with Gasteiger partial charge in [0.1, 0.15) is 5.69 Å². The van der Waals surface area contributed by atoms with Gasteiger partial charge in [0, 0.05) is 0 Å². The van der Waals surface area contributed by atoms with E-state index in [1.807, 2.05) is 10.5 Å². The van der Waals surface area contributed by atoms with Crippen molar-refractivity contribution in [2.24, 2.45) is 0 Å². The molecule has 0 bridgehead atoms. The Morgan fingerprint density at radius 3 is 2.95 bits per heavy atom. The number of piperidine rings is 1. The van der Waals surface area contributed by atoms with Crippen molar-refractivity contribution in [3.05, 3.63) is 29.7 Å². The van der Waals surface area contributed by atoms with Gasteiger partial charge in [-0.3, -0.25) is 9.30 Å². The Hall–Kier alpha value is -1.95. The van der Waals surface area contributed by atoms with Crippen LogP contribution in [0, 0.1) is 0 Å². The number of carbonyl (C=O) groups is 1. The summed E-state index contributed by atoms with van der Waals surface area (Å²) in [6, 6.07) is 5.59. The number of hydrogen-bond donors (Lipinski definition) is 0. The zero-order chi connectivity index (χ0) is 14.1. The van der Waals surface area contributed by atoms with Crippen LogP contribution in [-0.4, -0.2) is 46.2 Å². The van der Waals surface area contributed by atoms with Gasteiger partial charge in [-0.2, -0.15) is 0 Å². The molecular weight excluding hydrogens is 256 g/mol. The van der Waals surface area contributed by atoms with Gasteiger partial charge < -0.3 is 4.74 Å². The fourth-order valence-corrected chi connectivity index (χ4v) is 2.84. The van der Waals surface area contributed by atoms with Crippen LogP contribution >= 0.6 is 0 Å². The number of pyridine rings is 1. The minimum absolute atomic E-state index is 0.199. The lowest BCUT2D eigenvalue weighted by atomic mass is 10.0. The van der Waals surface area contributed by atoms with Crippen LogP contribution in [0.1, 0.15) is 41.6 Å². The predicted molar refractivity (Wildman–Crippen MR) is 73.5 cm³/mol. The standard InChI is InChI=1S/C14H18N4O2/c1-17-9-4-3-6-10(17)13-16-15-12-8-5-7-11(18(12)13)14(19)20-2/h5,7-8,10H,3-4,6,9H2,1-2H3. The van der Waals surface area contributed by atoms with Crippen molar-refractivity contribution in [1.82, 2.24) is 19.5 Å². The van der Waals surface area contributed by atoms with Gasteiger partial charge in [-0.25, -0.2) is 4.79 Å². The zero-order valence-corrected chi connectivity index (χ0v) is 11.7. The number of ether oxygens (including phenoxy) is 1. The molecule has 6 heteroatoms. The van der Waals surface area contributed by atoms with Crippen LogP contribution in [0.5, 0.6) is 0 Å². The molecular formula is C14H18N4O2. The van der Waals surface area contributed by atoms with E-state index < -0.39 is 0 Å². The van der Waals surface area contributed by atoms with E-state index in [4.69, 9.17) is 4.74 Å². The van der Waals surface area contributed by atoms with Gasteiger partial charge in [-0.05, 0) is 38.6 Å². The maximum atomic E-state index is 11.9. The van der Waals surface area contributed by atoms with Crippen LogP contribution in [0.3, 0.4) is 0 Å². The Balaban J connectivity index is 2.13. The van der Waals surface area contributed by atoms with E-state index in [0.717, 1.165) is 18.8 Å². The molecule has 106 valence electrons. The molecule has 0 N–H and O–H groups in total. The first-order valence-corrected chi connectivity index (χ1v) is 6.85. The normalized spacial score (nSPS) is 20.2. The Morgan fingerprint density at radius 1 is 1.35 bits per heavy atom. The number of carbonyl (C=O) groups excluding carboxylic acids is 1. The van der Waals surface area contributed by atoms with Crippen molar-refractivity contribution in [3.63, 3.8) is 0 Å². The summed E-state index contributed by atoms with van der Waals surface area (Å²) < 4.78 is 6.67. The maximum Gasteiger partial charge on any atom is 0.355 e. The molecule has 20 heavy (non-hydrogen) atoms. The molecule has 0 spiro atoms. The van der Waals surface area contributed by atoms with E-state index in [1.54, 1.807) is 12.1 Å². The Morgan fingerprint density at radius 2 is 2.20 bits per heavy atom. The summed E-state index contributed by atoms with van der Waals surface area (Å²) in [6.45, 7) is 1.04. The number of fused-ring (bicyclic) bond motifs is 1. The summed E-state index contributed by atoms with van der Waals surface area (Å²) in [5.74, 6) is 0.457. The van der Waals surface area contributed by atoms with Gasteiger partial charge in [-0.15, -0.1) is 10.2 Å². The molecule has 3 heterocycles. The van der Waals surface area contributed by atoms with Crippen molar-refractivity contribution in [2.45, 2.75) is 25.3 Å². The van der Waals surface area contributed by atoms with Crippen molar-refractivity contribution in [3.8, 4) is 0 Å². The Kier molecular flexibility index (Phi) is 3.40. The summed E-state index contributed by atoms with van der Waals surface area (Å²) >= 11 is 0. The van der Waals surface area contributed by atoms with Crippen molar-refractivity contribution in [1.29, 1.82) is 0 Å². The molecule has 0 aliphatic carbocycles. The maximum absolute atomic E-state index is 11.9. The fourth-order valence-electron chi connectivity index (χ4n) is 2.84. The number of likely N-dealkylation sites (tertiary alicyclic amines) is 1. The highest BCUT2D eigenvalue weighted by atomic mass is 16.5. The summed E-state index contributed by atoms with van der Waals surface area (Å²) in [4.78, 5) is 14.2. The molecule has 2 aromatic rings. The average molecular weight is 274 g/mol. The molecule has 1 atom stereocenters. The molecule has 0 aromatic carbocycles. The second-order valence-corrected chi connectivity index (χ2v) is 5.15. The highest BCUT2D eigenvalue weighted by Crippen LogP contribution is 2.29. The SMILES string of the molecule is COC(=O)c1cccc2nnc(C3CCCCN3C)n12. The second-order valence-electron chi connectivity index (χ2n) is 5.15. The third-order valence-corrected chi connectivity index (χ3v) is 3.92. The smallest absolute Gasteiger partial charge is 0.355 e. The van der Waals surface area contributed by atoms with Crippen LogP contribution in [0.2, 0.25) is 0 Å². The third kappa shape index (κ3) is 2.06. The molecule has 0 amide bonds. The second kappa shape index (κ2) is 5.20. The van der Waals surface area contributed by atoms with Gasteiger partial charge in [0.25, 0.3) is 0 Å². The number of aromatic nitrogens is 3. The third-order valence-electron chi connectivity index (χ3n) is 3.92. The Bertz CT molecular complexity index is 637. The van der Waals surface area contributed by atoms with Gasteiger partial charge in [0.2, 0.25) is 0 Å². The average Bonchev–Trinajstić information content (AvgIpc) is 2.91. The quantitative estimate of drug-likeness (QED) is 0.780. The van der Waals surface area contributed by atoms with Crippen LogP contribution in [0.15, 0.2) is 18.2 Å². The summed E-state index contributed by atoms with van der Waals surface area (Å²) in [5.41, 5.74) is 1.16. The van der Waals surface area contributed by atoms with Crippen molar-refractivity contribution >= 4 is 11.6 Å². The van der Waals surface area contributed by atoms with Crippen molar-refractivity contribution < 1.29 is 9.53 Å². The Labute approximate surface area is 117 Å². The fraction of sp³-hybridized carbons (Fsp3) is 0.500. The molecule has 0 radical (unpaired) electrons. The molecule has 1 aliphatic rings. The van der Waals surface area contributed by atoms with Gasteiger partial charge in [-0.1, -0.05) is 12.5 Å². The molecule has 1 aliphatic heterocycles. The first-order valence-electron chi connectivity index (χ1n) is 6.85. The van der Waals surface area contributed by atoms with E-state index in [1.165, 1.54) is 20.0 Å². The molecule has 1 unspecified atom stereocenters. The van der Waals surface area contributed by atoms with Gasteiger partial charge >= 0.3 is 5.97 Å². The lowest BCUT2D eigenvalue weighted by molar-refractivity contribution is 0.0591. The van der Waals surface area contributed by atoms with E-state index in [2.05, 4.69) is 22.1 Å². The summed E-state index contributed by atoms with van der Waals surface area (Å²) in [7, 11) is 3.48. The number of hydrogen-bond acceptors (Lipinski definition) is 5. The summed E-state index contributed by atoms with van der Waals surface area (Å²) in [5, 5.41) is 8.49. The zero-order valence-electron chi connectivity index (χ0n) is 11.7. The molecule has 1 fully saturated rings. The first-order chi connectivity index (χ1) is 9.72. The summed E-state index contributed by atoms with van der Waals surface area (Å²) in [6.07, 6.45) is 3.41. The largest absolute Gasteiger partial charge is 0.464 e. The van der Waals surface area contributed by atoms with E-state index in [9.17, 15) is 4.79 Å². The molecule has 1 saturated heterocycles. The highest BCUT2D eigenvalue weighted by molar-refractivity contribution is 5.88. The monoisotopic (exact) mass is 274 g/mol. The van der Waals surface area contributed by atoms with Crippen LogP contribution in [0.4, 0.5) is 0 Å². The van der Waals surface area contributed by atoms with Crippen LogP contribution < -0.4 is 0 Å². The highest BCUT2D eigenvalue weighted by Gasteiger charge is 2.27. The predicted octanol–water partition coefficient (Wildman–Crippen LogP) is 1.67. The lowest BCUT2D eigenvalue weighted by Crippen LogP contribution is -2.31. The first kappa shape index (κ1) is 13.1. The molecule has 3 rings (SSSR count). The molecule has 2 aromatic heterocycles. The van der Waals surface area contributed by atoms with Gasteiger partial charge in [0.05, 0.1) is 13.2 Å².